The van der Waals surface area contributed by atoms with Gasteiger partial charge >= 0.3 is 5.97 Å². The molecule has 3 nitrogen and oxygen atoms in total. The smallest absolute Gasteiger partial charge is 0.303 e. The van der Waals surface area contributed by atoms with E-state index < -0.39 is 12.1 Å². The van der Waals surface area contributed by atoms with Gasteiger partial charge in [0.15, 0.2) is 6.10 Å². The van der Waals surface area contributed by atoms with Crippen molar-refractivity contribution in [1.82, 2.24) is 0 Å². The van der Waals surface area contributed by atoms with Crippen molar-refractivity contribution in [3.8, 4) is 6.07 Å². The highest BCUT2D eigenvalue weighted by molar-refractivity contribution is 9.09. The van der Waals surface area contributed by atoms with Crippen molar-refractivity contribution in [1.29, 1.82) is 5.26 Å². The lowest BCUT2D eigenvalue weighted by Gasteiger charge is -2.06. The molecule has 11 heavy (non-hydrogen) atoms. The fourth-order valence-electron chi connectivity index (χ4n) is 0.613. The van der Waals surface area contributed by atoms with Crippen LogP contribution in [0.3, 0.4) is 0 Å². The highest BCUT2D eigenvalue weighted by atomic mass is 79.9. The number of rotatable bonds is 4. The number of hydrogen-bond acceptors (Lipinski definition) is 3. The Morgan fingerprint density at radius 1 is 1.82 bits per heavy atom. The Balaban J connectivity index is 3.60. The first-order valence-electron chi connectivity index (χ1n) is 3.33. The first-order valence-corrected chi connectivity index (χ1v) is 4.45. The molecule has 0 rings (SSSR count). The van der Waals surface area contributed by atoms with Crippen molar-refractivity contribution in [2.24, 2.45) is 0 Å². The normalized spacial score (nSPS) is 11.7. The molecule has 62 valence electrons. The Kier molecular flexibility index (Phi) is 5.86. The quantitative estimate of drug-likeness (QED) is 0.534. The summed E-state index contributed by atoms with van der Waals surface area (Å²) in [6, 6.07) is 1.90. The highest BCUT2D eigenvalue weighted by Crippen LogP contribution is 2.03. The molecular formula is C7H10BrNO2. The molecule has 0 unspecified atom stereocenters. The van der Waals surface area contributed by atoms with Crippen LogP contribution in [0.25, 0.3) is 0 Å². The van der Waals surface area contributed by atoms with Crippen LogP contribution in [0.2, 0.25) is 0 Å². The molecule has 0 fully saturated rings. The molecule has 0 radical (unpaired) electrons. The summed E-state index contributed by atoms with van der Waals surface area (Å²) in [7, 11) is 0. The first-order chi connectivity index (χ1) is 5.20. The predicted octanol–water partition coefficient (Wildman–Crippen LogP) is 1.62. The number of alkyl halides is 1. The van der Waals surface area contributed by atoms with E-state index in [0.717, 1.165) is 11.8 Å². The lowest BCUT2D eigenvalue weighted by atomic mass is 10.2. The molecule has 0 aromatic heterocycles. The summed E-state index contributed by atoms with van der Waals surface area (Å²) < 4.78 is 4.68. The zero-order valence-electron chi connectivity index (χ0n) is 6.34. The number of carbonyl (C=O) groups is 1. The van der Waals surface area contributed by atoms with E-state index in [1.165, 1.54) is 6.92 Å². The molecule has 0 saturated heterocycles. The van der Waals surface area contributed by atoms with E-state index in [-0.39, 0.29) is 0 Å². The number of esters is 1. The molecule has 1 atom stereocenters. The average molecular weight is 220 g/mol. The van der Waals surface area contributed by atoms with Crippen LogP contribution in [0.15, 0.2) is 0 Å². The minimum Gasteiger partial charge on any atom is -0.447 e. The van der Waals surface area contributed by atoms with Crippen LogP contribution in [0.5, 0.6) is 0 Å². The Bertz CT molecular complexity index is 164. The number of halogens is 1. The van der Waals surface area contributed by atoms with Gasteiger partial charge in [-0.2, -0.15) is 5.26 Å². The van der Waals surface area contributed by atoms with Crippen LogP contribution in [0, 0.1) is 11.3 Å². The van der Waals surface area contributed by atoms with E-state index in [4.69, 9.17) is 5.26 Å². The van der Waals surface area contributed by atoms with Gasteiger partial charge in [-0.15, -0.1) is 0 Å². The van der Waals surface area contributed by atoms with Crippen molar-refractivity contribution < 1.29 is 9.53 Å². The Morgan fingerprint density at radius 3 is 2.82 bits per heavy atom. The minimum atomic E-state index is -0.579. The van der Waals surface area contributed by atoms with Crippen molar-refractivity contribution in [2.75, 3.05) is 5.33 Å². The van der Waals surface area contributed by atoms with E-state index in [2.05, 4.69) is 20.7 Å². The van der Waals surface area contributed by atoms with E-state index >= 15 is 0 Å². The zero-order valence-corrected chi connectivity index (χ0v) is 7.93. The lowest BCUT2D eigenvalue weighted by Crippen LogP contribution is -2.13. The topological polar surface area (TPSA) is 50.1 Å². The third-order valence-electron chi connectivity index (χ3n) is 1.05. The summed E-state index contributed by atoms with van der Waals surface area (Å²) >= 11 is 3.22. The Hall–Kier alpha value is -0.560. The molecule has 0 aromatic carbocycles. The molecule has 0 aliphatic rings. The van der Waals surface area contributed by atoms with E-state index in [1.54, 1.807) is 0 Å². The summed E-state index contributed by atoms with van der Waals surface area (Å²) in [5.74, 6) is -0.397. The number of nitriles is 1. The van der Waals surface area contributed by atoms with Crippen LogP contribution in [0.1, 0.15) is 19.8 Å². The van der Waals surface area contributed by atoms with Crippen LogP contribution < -0.4 is 0 Å². The average Bonchev–Trinajstić information content (AvgIpc) is 1.97. The van der Waals surface area contributed by atoms with Gasteiger partial charge in [-0.1, -0.05) is 15.9 Å². The summed E-state index contributed by atoms with van der Waals surface area (Å²) in [6.45, 7) is 1.30. The molecule has 0 N–H and O–H groups in total. The monoisotopic (exact) mass is 219 g/mol. The fourth-order valence-corrected chi connectivity index (χ4v) is 0.936. The van der Waals surface area contributed by atoms with Crippen molar-refractivity contribution >= 4 is 21.9 Å². The summed E-state index contributed by atoms with van der Waals surface area (Å²) in [5.41, 5.74) is 0. The van der Waals surface area contributed by atoms with Crippen molar-refractivity contribution in [2.45, 2.75) is 25.9 Å². The Labute approximate surface area is 74.5 Å². The fraction of sp³-hybridized carbons (Fsp3) is 0.714. The van der Waals surface area contributed by atoms with E-state index in [9.17, 15) is 4.79 Å². The van der Waals surface area contributed by atoms with Crippen molar-refractivity contribution in [3.63, 3.8) is 0 Å². The second-order valence-electron chi connectivity index (χ2n) is 2.06. The first kappa shape index (κ1) is 10.4. The van der Waals surface area contributed by atoms with Crippen LogP contribution in [0.4, 0.5) is 0 Å². The number of nitrogens with zero attached hydrogens (tertiary/aromatic N) is 1. The van der Waals surface area contributed by atoms with Gasteiger partial charge in [0.2, 0.25) is 0 Å². The predicted molar refractivity (Wildman–Crippen MR) is 44.2 cm³/mol. The van der Waals surface area contributed by atoms with Crippen molar-refractivity contribution in [3.05, 3.63) is 0 Å². The van der Waals surface area contributed by atoms with Gasteiger partial charge in [-0.25, -0.2) is 0 Å². The third-order valence-corrected chi connectivity index (χ3v) is 1.61. The molecule has 0 aliphatic carbocycles. The maximum absolute atomic E-state index is 10.4. The molecule has 0 spiro atoms. The molecule has 0 amide bonds. The highest BCUT2D eigenvalue weighted by Gasteiger charge is 2.08. The van der Waals surface area contributed by atoms with E-state index in [1.807, 2.05) is 6.07 Å². The van der Waals surface area contributed by atoms with Gasteiger partial charge < -0.3 is 4.74 Å². The van der Waals surface area contributed by atoms with E-state index in [0.29, 0.717) is 6.42 Å². The molecule has 4 heteroatoms. The maximum atomic E-state index is 10.4. The molecule has 0 aliphatic heterocycles. The minimum absolute atomic E-state index is 0.397. The van der Waals surface area contributed by atoms with Crippen LogP contribution >= 0.6 is 15.9 Å². The zero-order chi connectivity index (χ0) is 8.69. The van der Waals surface area contributed by atoms with Gasteiger partial charge in [0.05, 0.1) is 0 Å². The van der Waals surface area contributed by atoms with Gasteiger partial charge in [0, 0.05) is 12.3 Å². The van der Waals surface area contributed by atoms with Gasteiger partial charge in [-0.05, 0) is 12.8 Å². The number of carbonyl (C=O) groups excluding carboxylic acids is 1. The molecule has 0 aromatic rings. The lowest BCUT2D eigenvalue weighted by molar-refractivity contribution is -0.144. The second-order valence-corrected chi connectivity index (χ2v) is 2.85. The van der Waals surface area contributed by atoms with Gasteiger partial charge in [0.25, 0.3) is 0 Å². The SMILES string of the molecule is CC(=O)O[C@@H](C#N)CCCBr. The molecular weight excluding hydrogens is 210 g/mol. The standard InChI is InChI=1S/C7H10BrNO2/c1-6(10)11-7(5-9)3-2-4-8/h7H,2-4H2,1H3/t7-/m1/s1. The second kappa shape index (κ2) is 6.17. The summed E-state index contributed by atoms with van der Waals surface area (Å²) in [4.78, 5) is 10.4. The number of hydrogen-bond donors (Lipinski definition) is 0. The maximum Gasteiger partial charge on any atom is 0.303 e. The largest absolute Gasteiger partial charge is 0.447 e. The molecule has 0 saturated carbocycles. The molecule has 0 bridgehead atoms. The van der Waals surface area contributed by atoms with Gasteiger partial charge in [-0.3, -0.25) is 4.79 Å². The van der Waals surface area contributed by atoms with Crippen LogP contribution in [-0.2, 0) is 9.53 Å². The van der Waals surface area contributed by atoms with Crippen LogP contribution in [-0.4, -0.2) is 17.4 Å². The third kappa shape index (κ3) is 5.86. The summed E-state index contributed by atoms with van der Waals surface area (Å²) in [5, 5.41) is 9.28. The van der Waals surface area contributed by atoms with Gasteiger partial charge in [0.1, 0.15) is 6.07 Å². The summed E-state index contributed by atoms with van der Waals surface area (Å²) in [6.07, 6.45) is 0.859. The molecule has 0 heterocycles. The number of ether oxygens (including phenoxy) is 1. The Morgan fingerprint density at radius 2 is 2.45 bits per heavy atom.